The third-order valence-electron chi connectivity index (χ3n) is 0. The fourth-order valence-corrected chi connectivity index (χ4v) is 0. The van der Waals surface area contributed by atoms with Crippen molar-refractivity contribution in [2.75, 3.05) is 0 Å². The Kier molecular flexibility index (Phi) is 17.3. The fourth-order valence-electron chi connectivity index (χ4n) is 0. The molecule has 0 saturated carbocycles. The predicted octanol–water partition coefficient (Wildman–Crippen LogP) is -3.07. The summed E-state index contributed by atoms with van der Waals surface area (Å²) in [7, 11) is -12.5. The molecule has 0 aromatic heterocycles. The van der Waals surface area contributed by atoms with E-state index in [0.29, 0.717) is 0 Å². The van der Waals surface area contributed by atoms with Gasteiger partial charge in [0.2, 0.25) is 0 Å². The standard InChI is InChI=1S/Mg.2H2O4S.H2O3Si.2H/c;2*1-5(2,3)4;1-4(2)3;;/h;2*(H2,1,2,3,4);1-2H;;/q+2;;;;2*-1. The summed E-state index contributed by atoms with van der Waals surface area (Å²) >= 11 is 0. The van der Waals surface area contributed by atoms with Crippen molar-refractivity contribution in [2.24, 2.45) is 0 Å². The van der Waals surface area contributed by atoms with Gasteiger partial charge in [-0.1, -0.05) is 0 Å². The normalized spacial score (nSPS) is 9.33. The van der Waals surface area contributed by atoms with Crippen LogP contribution >= 0.6 is 0 Å². The molecule has 92 valence electrons. The van der Waals surface area contributed by atoms with Crippen LogP contribution in [0.4, 0.5) is 0 Å². The van der Waals surface area contributed by atoms with E-state index in [1.807, 2.05) is 0 Å². The van der Waals surface area contributed by atoms with Crippen molar-refractivity contribution in [2.45, 2.75) is 0 Å². The second-order valence-corrected chi connectivity index (χ2v) is 3.53. The van der Waals surface area contributed by atoms with Gasteiger partial charge in [-0.2, -0.15) is 16.8 Å². The van der Waals surface area contributed by atoms with E-state index < -0.39 is 30.0 Å². The molecule has 0 heterocycles. The molecule has 0 rings (SSSR count). The average molecular weight is 301 g/mol. The summed E-state index contributed by atoms with van der Waals surface area (Å²) in [6, 6.07) is 0. The maximum absolute atomic E-state index is 8.74. The van der Waals surface area contributed by atoms with E-state index in [-0.39, 0.29) is 25.9 Å². The van der Waals surface area contributed by atoms with Gasteiger partial charge in [0, 0.05) is 0 Å². The van der Waals surface area contributed by atoms with Crippen molar-refractivity contribution < 1.29 is 52.0 Å². The van der Waals surface area contributed by atoms with Crippen molar-refractivity contribution in [1.29, 1.82) is 0 Å². The third-order valence-corrected chi connectivity index (χ3v) is 0. The number of rotatable bonds is 0. The van der Waals surface area contributed by atoms with Gasteiger partial charge in [0.05, 0.1) is 0 Å². The van der Waals surface area contributed by atoms with Gasteiger partial charge in [0.1, 0.15) is 0 Å². The van der Waals surface area contributed by atoms with Crippen LogP contribution in [0.1, 0.15) is 2.85 Å². The Labute approximate surface area is 105 Å². The minimum absolute atomic E-state index is 0. The molecule has 0 bridgehead atoms. The molecule has 0 radical (unpaired) electrons. The first kappa shape index (κ1) is 24.4. The molecule has 15 heavy (non-hydrogen) atoms. The van der Waals surface area contributed by atoms with Crippen LogP contribution in [0.15, 0.2) is 0 Å². The zero-order chi connectivity index (χ0) is 12.6. The van der Waals surface area contributed by atoms with E-state index in [4.69, 9.17) is 49.1 Å². The molecule has 0 aromatic carbocycles. The molecule has 0 saturated heterocycles. The van der Waals surface area contributed by atoms with Gasteiger partial charge in [-0.05, 0) is 0 Å². The van der Waals surface area contributed by atoms with Gasteiger partial charge < -0.3 is 12.4 Å². The Balaban J connectivity index is -0.0000000247. The second kappa shape index (κ2) is 10.6. The molecule has 0 atom stereocenters. The number of hydrogen-bond acceptors (Lipinski definition) is 5. The van der Waals surface area contributed by atoms with Crippen LogP contribution in [0, 0.1) is 0 Å². The first-order valence-electron chi connectivity index (χ1n) is 2.05. The van der Waals surface area contributed by atoms with Crippen LogP contribution in [-0.2, 0) is 25.3 Å². The molecule has 6 N–H and O–H groups in total. The molecule has 0 spiro atoms. The first-order valence-corrected chi connectivity index (χ1v) is 6.14. The maximum Gasteiger partial charge on any atom is 2.00 e. The monoisotopic (exact) mass is 300 g/mol. The summed E-state index contributed by atoms with van der Waals surface area (Å²) in [6.07, 6.45) is 0. The molecule has 0 aliphatic rings. The molecular formula is H8MgO11S2Si. The minimum Gasteiger partial charge on any atom is -1.00 e. The molecule has 0 amide bonds. The molecule has 0 aliphatic heterocycles. The number of hydrogen-bond donors (Lipinski definition) is 6. The van der Waals surface area contributed by atoms with E-state index in [1.54, 1.807) is 0 Å². The van der Waals surface area contributed by atoms with E-state index in [1.165, 1.54) is 0 Å². The molecule has 0 aliphatic carbocycles. The molecular weight excluding hydrogens is 293 g/mol. The third kappa shape index (κ3) is 137000. The van der Waals surface area contributed by atoms with Crippen molar-refractivity contribution in [3.63, 3.8) is 0 Å². The van der Waals surface area contributed by atoms with Crippen LogP contribution in [0.25, 0.3) is 0 Å². The average Bonchev–Trinajstić information content (AvgIpc) is 1.45. The van der Waals surface area contributed by atoms with E-state index in [2.05, 4.69) is 0 Å². The zero-order valence-electron chi connectivity index (χ0n) is 8.75. The topological polar surface area (TPSA) is 207 Å². The maximum atomic E-state index is 8.74. The van der Waals surface area contributed by atoms with E-state index in [9.17, 15) is 0 Å². The van der Waals surface area contributed by atoms with Gasteiger partial charge in [-0.3, -0.25) is 22.7 Å². The van der Waals surface area contributed by atoms with Crippen LogP contribution < -0.4 is 0 Å². The summed E-state index contributed by atoms with van der Waals surface area (Å²) in [5.74, 6) is 0. The Morgan fingerprint density at radius 1 is 0.800 bits per heavy atom. The zero-order valence-corrected chi connectivity index (χ0v) is 10.8. The fraction of sp³-hybridized carbons (Fsp3) is 0. The Hall–Kier alpha value is 0.123. The SMILES string of the molecule is O=S(=O)(O)O.O=S(=O)(O)O.O=[Si](O)O.[H-].[H-].[Mg+2]. The minimum atomic E-state index is -4.67. The Morgan fingerprint density at radius 2 is 0.800 bits per heavy atom. The van der Waals surface area contributed by atoms with Crippen LogP contribution in [-0.4, -0.2) is 76.9 Å². The van der Waals surface area contributed by atoms with Gasteiger partial charge >= 0.3 is 53.0 Å². The quantitative estimate of drug-likeness (QED) is 0.195. The molecule has 0 aromatic rings. The van der Waals surface area contributed by atoms with E-state index >= 15 is 0 Å². The Morgan fingerprint density at radius 3 is 0.800 bits per heavy atom. The first-order chi connectivity index (χ1) is 5.73. The van der Waals surface area contributed by atoms with Crippen LogP contribution in [0.3, 0.4) is 0 Å². The second-order valence-electron chi connectivity index (χ2n) is 1.18. The predicted molar refractivity (Wildman–Crippen MR) is 47.2 cm³/mol. The van der Waals surface area contributed by atoms with E-state index in [0.717, 1.165) is 0 Å². The Bertz CT molecular complexity index is 294. The summed E-state index contributed by atoms with van der Waals surface area (Å²) in [6.45, 7) is 0. The molecule has 0 unspecified atom stereocenters. The summed E-state index contributed by atoms with van der Waals surface area (Å²) in [5.41, 5.74) is 0. The van der Waals surface area contributed by atoms with Gasteiger partial charge in [0.15, 0.2) is 0 Å². The van der Waals surface area contributed by atoms with Crippen LogP contribution in [0.2, 0.25) is 0 Å². The van der Waals surface area contributed by atoms with Gasteiger partial charge in [-0.25, -0.2) is 0 Å². The summed E-state index contributed by atoms with van der Waals surface area (Å²) in [5, 5.41) is 0. The molecule has 0 fully saturated rings. The molecule has 11 nitrogen and oxygen atoms in total. The van der Waals surface area contributed by atoms with Crippen molar-refractivity contribution in [3.8, 4) is 0 Å². The summed E-state index contributed by atoms with van der Waals surface area (Å²) in [4.78, 5) is 14.3. The summed E-state index contributed by atoms with van der Waals surface area (Å²) < 4.78 is 71.9. The van der Waals surface area contributed by atoms with Crippen molar-refractivity contribution >= 4 is 53.0 Å². The largest absolute Gasteiger partial charge is 2.00 e. The van der Waals surface area contributed by atoms with Gasteiger partial charge in [0.25, 0.3) is 0 Å². The van der Waals surface area contributed by atoms with Crippen LogP contribution in [0.5, 0.6) is 0 Å². The van der Waals surface area contributed by atoms with Crippen molar-refractivity contribution in [3.05, 3.63) is 0 Å². The molecule has 15 heteroatoms. The van der Waals surface area contributed by atoms with Gasteiger partial charge in [-0.15, -0.1) is 0 Å². The van der Waals surface area contributed by atoms with Crippen molar-refractivity contribution in [1.82, 2.24) is 0 Å². The smallest absolute Gasteiger partial charge is 1.00 e.